The molecule has 13 unspecified atom stereocenters. The lowest BCUT2D eigenvalue weighted by Gasteiger charge is -2.45. The van der Waals surface area contributed by atoms with E-state index >= 15 is 0 Å². The molecule has 0 aromatic rings. The highest BCUT2D eigenvalue weighted by molar-refractivity contribution is 8.00. The van der Waals surface area contributed by atoms with Crippen molar-refractivity contribution in [3.8, 4) is 0 Å². The first-order valence-electron chi connectivity index (χ1n) is 14.9. The van der Waals surface area contributed by atoms with Gasteiger partial charge in [-0.2, -0.15) is 13.2 Å². The van der Waals surface area contributed by atoms with Gasteiger partial charge in [0.05, 0.1) is 23.4 Å². The van der Waals surface area contributed by atoms with Crippen LogP contribution in [0.2, 0.25) is 0 Å². The number of rotatable bonds is 6. The van der Waals surface area contributed by atoms with Crippen LogP contribution in [-0.4, -0.2) is 110 Å². The lowest BCUT2D eigenvalue weighted by atomic mass is 9.70. The number of thioether (sulfide) groups is 1. The molecule has 13 atom stereocenters. The predicted molar refractivity (Wildman–Crippen MR) is 153 cm³/mol. The molecular weight excluding hydrogens is 597 g/mol. The summed E-state index contributed by atoms with van der Waals surface area (Å²) in [5.74, 6) is -1.33. The zero-order valence-electron chi connectivity index (χ0n) is 24.5. The number of hydrogen-bond acceptors (Lipinski definition) is 9. The summed E-state index contributed by atoms with van der Waals surface area (Å²) in [5.41, 5.74) is -0.434. The number of amides is 2. The first-order valence-corrected chi connectivity index (χ1v) is 16.3. The maximum atomic E-state index is 13.6. The quantitative estimate of drug-likeness (QED) is 0.216. The number of piperidine rings is 3. The van der Waals surface area contributed by atoms with Crippen LogP contribution in [0, 0.1) is 29.6 Å². The maximum Gasteiger partial charge on any atom is 0.403 e. The smallest absolute Gasteiger partial charge is 0.380 e. The fourth-order valence-corrected chi connectivity index (χ4v) is 9.36. The number of likely N-dealkylation sites (tertiary alicyclic amines) is 1. The fraction of sp³-hybridized carbons (Fsp3) is 0.926. The largest absolute Gasteiger partial charge is 0.403 e. The molecular formula is C27H44ClF3N6O4S. The Morgan fingerprint density at radius 2 is 1.76 bits per heavy atom. The van der Waals surface area contributed by atoms with E-state index in [1.54, 1.807) is 30.7 Å². The number of methoxy groups -OCH3 is 2. The predicted octanol–water partition coefficient (Wildman–Crippen LogP) is 1.25. The number of nitrogens with one attached hydrogen (secondary N) is 5. The summed E-state index contributed by atoms with van der Waals surface area (Å²) >= 11 is 8.05. The summed E-state index contributed by atoms with van der Waals surface area (Å²) < 4.78 is 51.2. The lowest BCUT2D eigenvalue weighted by molar-refractivity contribution is -0.190. The average Bonchev–Trinajstić information content (AvgIpc) is 3.50. The van der Waals surface area contributed by atoms with Gasteiger partial charge in [0.2, 0.25) is 11.8 Å². The van der Waals surface area contributed by atoms with Crippen LogP contribution in [0.3, 0.4) is 0 Å². The van der Waals surface area contributed by atoms with Gasteiger partial charge in [0, 0.05) is 57.7 Å². The molecule has 5 heterocycles. The number of hydrogen-bond donors (Lipinski definition) is 5. The summed E-state index contributed by atoms with van der Waals surface area (Å²) in [7, 11) is 3.04. The van der Waals surface area contributed by atoms with E-state index in [2.05, 4.69) is 33.5 Å². The van der Waals surface area contributed by atoms with Crippen molar-refractivity contribution in [2.75, 3.05) is 40.4 Å². The van der Waals surface area contributed by atoms with Crippen LogP contribution < -0.4 is 26.6 Å². The Hall–Kier alpha value is -0.870. The van der Waals surface area contributed by atoms with E-state index in [4.69, 9.17) is 21.1 Å². The Labute approximate surface area is 254 Å². The van der Waals surface area contributed by atoms with Crippen LogP contribution in [0.4, 0.5) is 13.2 Å². The summed E-state index contributed by atoms with van der Waals surface area (Å²) in [4.78, 5) is 28.9. The second-order valence-electron chi connectivity index (χ2n) is 12.6. The van der Waals surface area contributed by atoms with Crippen LogP contribution in [0.5, 0.6) is 0 Å². The highest BCUT2D eigenvalue weighted by Crippen LogP contribution is 2.40. The molecule has 5 aliphatic heterocycles. The molecule has 2 amide bonds. The highest BCUT2D eigenvalue weighted by atomic mass is 35.5. The van der Waals surface area contributed by atoms with Gasteiger partial charge >= 0.3 is 6.18 Å². The number of carbonyl (C=O) groups excluding carboxylic acids is 2. The Bertz CT molecular complexity index is 973. The molecule has 0 radical (unpaired) electrons. The van der Waals surface area contributed by atoms with E-state index in [1.807, 2.05) is 0 Å². The minimum absolute atomic E-state index is 0.00778. The van der Waals surface area contributed by atoms with E-state index in [0.29, 0.717) is 32.2 Å². The molecule has 0 spiro atoms. The minimum Gasteiger partial charge on any atom is -0.380 e. The van der Waals surface area contributed by atoms with E-state index in [9.17, 15) is 22.8 Å². The van der Waals surface area contributed by atoms with Crippen LogP contribution in [0.25, 0.3) is 0 Å². The van der Waals surface area contributed by atoms with Crippen LogP contribution in [0.1, 0.15) is 33.1 Å². The van der Waals surface area contributed by atoms with Gasteiger partial charge in [0.1, 0.15) is 17.8 Å². The maximum absolute atomic E-state index is 13.6. The van der Waals surface area contributed by atoms with E-state index in [0.717, 1.165) is 12.8 Å². The van der Waals surface area contributed by atoms with E-state index in [-0.39, 0.29) is 64.4 Å². The molecule has 0 aliphatic carbocycles. The number of ether oxygens (including phenoxy) is 2. The zero-order chi connectivity index (χ0) is 30.3. The van der Waals surface area contributed by atoms with Crippen molar-refractivity contribution in [1.29, 1.82) is 0 Å². The van der Waals surface area contributed by atoms with Crippen LogP contribution in [0.15, 0.2) is 0 Å². The molecule has 5 aliphatic rings. The number of alkyl halides is 4. The minimum atomic E-state index is -4.40. The van der Waals surface area contributed by atoms with E-state index < -0.39 is 30.3 Å². The van der Waals surface area contributed by atoms with Gasteiger partial charge in [-0.15, -0.1) is 23.4 Å². The molecule has 0 bridgehead atoms. The van der Waals surface area contributed by atoms with Crippen molar-refractivity contribution >= 4 is 35.2 Å². The molecule has 5 N–H and O–H groups in total. The second-order valence-corrected chi connectivity index (χ2v) is 14.5. The molecule has 5 saturated heterocycles. The summed E-state index contributed by atoms with van der Waals surface area (Å²) in [6.45, 7) is 5.95. The number of carbonyl (C=O) groups is 2. The van der Waals surface area contributed by atoms with Crippen LogP contribution >= 0.6 is 23.4 Å². The lowest BCUT2D eigenvalue weighted by Crippen LogP contribution is -2.60. The van der Waals surface area contributed by atoms with Gasteiger partial charge in [-0.05, 0) is 43.9 Å². The Morgan fingerprint density at radius 3 is 2.43 bits per heavy atom. The monoisotopic (exact) mass is 640 g/mol. The summed E-state index contributed by atoms with van der Waals surface area (Å²) in [5, 5.41) is 16.0. The Balaban J connectivity index is 1.17. The Morgan fingerprint density at radius 1 is 1.00 bits per heavy atom. The first kappa shape index (κ1) is 32.5. The normalized spacial score (nSPS) is 44.6. The summed E-state index contributed by atoms with van der Waals surface area (Å²) in [6, 6.07) is -1.43. The van der Waals surface area contributed by atoms with Crippen molar-refractivity contribution in [2.45, 2.75) is 86.0 Å². The van der Waals surface area contributed by atoms with Crippen LogP contribution in [-0.2, 0) is 19.1 Å². The second kappa shape index (κ2) is 13.2. The van der Waals surface area contributed by atoms with Crippen molar-refractivity contribution in [3.63, 3.8) is 0 Å². The standard InChI is InChI=1S/C27H44ClF3N6O4S/c1-12-5-20(27(29,30)31)35-24(41-4)22(12)25(39)37-10-17-19(11-37)42-26(34-17)36-23(38)16-8-32-13(2)6-14(16)15-7-21(28)33-9-18(15)40-3/h12-22,24,26,32-35H,5-11H2,1-4H3,(H,36,38). The molecule has 240 valence electrons. The molecule has 42 heavy (non-hydrogen) atoms. The first-order chi connectivity index (χ1) is 19.9. The number of nitrogens with zero attached hydrogens (tertiary/aromatic N) is 1. The molecule has 0 saturated carbocycles. The van der Waals surface area contributed by atoms with Gasteiger partial charge in [-0.3, -0.25) is 25.5 Å². The topological polar surface area (TPSA) is 116 Å². The third kappa shape index (κ3) is 6.85. The molecule has 15 heteroatoms. The van der Waals surface area contributed by atoms with Gasteiger partial charge in [0.15, 0.2) is 0 Å². The van der Waals surface area contributed by atoms with Crippen molar-refractivity contribution in [1.82, 2.24) is 31.5 Å². The highest BCUT2D eigenvalue weighted by Gasteiger charge is 2.52. The Kier molecular flexibility index (Phi) is 10.3. The molecule has 5 fully saturated rings. The molecule has 0 aromatic carbocycles. The summed E-state index contributed by atoms with van der Waals surface area (Å²) in [6.07, 6.45) is -3.99. The molecule has 5 rings (SSSR count). The van der Waals surface area contributed by atoms with Crippen molar-refractivity contribution < 1.29 is 32.2 Å². The zero-order valence-corrected chi connectivity index (χ0v) is 26.0. The van der Waals surface area contributed by atoms with Gasteiger partial charge in [0.25, 0.3) is 0 Å². The third-order valence-corrected chi connectivity index (χ3v) is 11.6. The third-order valence-electron chi connectivity index (χ3n) is 9.89. The molecule has 10 nitrogen and oxygen atoms in total. The van der Waals surface area contributed by atoms with Crippen molar-refractivity contribution in [3.05, 3.63) is 0 Å². The molecule has 0 aromatic heterocycles. The number of fused-ring (bicyclic) bond motifs is 1. The van der Waals surface area contributed by atoms with E-state index in [1.165, 1.54) is 7.11 Å². The van der Waals surface area contributed by atoms with Gasteiger partial charge < -0.3 is 25.0 Å². The SMILES string of the molecule is COC1CNC(Cl)CC1C1CC(C)NCC1C(=O)NC1NC2CN(C(=O)C3C(C)CC(C(F)(F)F)NC3OC)CC2S1. The van der Waals surface area contributed by atoms with Crippen molar-refractivity contribution in [2.24, 2.45) is 29.6 Å². The average molecular weight is 641 g/mol. The van der Waals surface area contributed by atoms with Gasteiger partial charge in [-0.1, -0.05) is 6.92 Å². The fourth-order valence-electron chi connectivity index (χ4n) is 7.66. The number of halogens is 4. The van der Waals surface area contributed by atoms with Gasteiger partial charge in [-0.25, -0.2) is 0 Å².